The molecule has 5 heteroatoms. The molecule has 1 rings (SSSR count). The van der Waals surface area contributed by atoms with Gasteiger partial charge in [0.05, 0.1) is 5.56 Å². The van der Waals surface area contributed by atoms with Gasteiger partial charge in [0, 0.05) is 25.9 Å². The number of aromatic amines is 1. The number of carbonyl (C=O) groups excluding carboxylic acids is 1. The Balaban J connectivity index is 2.90. The van der Waals surface area contributed by atoms with Gasteiger partial charge in [0.15, 0.2) is 0 Å². The van der Waals surface area contributed by atoms with Gasteiger partial charge in [0.1, 0.15) is 0 Å². The Kier molecular flexibility index (Phi) is 4.29. The molecule has 0 aliphatic carbocycles. The van der Waals surface area contributed by atoms with Crippen LogP contribution in [0.15, 0.2) is 17.1 Å². The molecule has 0 bridgehead atoms. The highest BCUT2D eigenvalue weighted by atomic mass is 16.2. The summed E-state index contributed by atoms with van der Waals surface area (Å²) in [5.74, 6) is -0.106. The summed E-state index contributed by atoms with van der Waals surface area (Å²) in [7, 11) is 1.74. The average Bonchev–Trinajstić information content (AvgIpc) is 2.27. The van der Waals surface area contributed by atoms with E-state index in [1.54, 1.807) is 18.9 Å². The van der Waals surface area contributed by atoms with Gasteiger partial charge in [-0.1, -0.05) is 13.8 Å². The molecule has 1 aromatic rings. The van der Waals surface area contributed by atoms with Crippen LogP contribution >= 0.6 is 0 Å². The number of carbonyl (C=O) groups is 1. The van der Waals surface area contributed by atoms with E-state index < -0.39 is 0 Å². The molecule has 0 aromatic carbocycles. The Morgan fingerprint density at radius 1 is 1.50 bits per heavy atom. The molecule has 100 valence electrons. The number of nitrogens with zero attached hydrogens (tertiary/aromatic N) is 1. The minimum atomic E-state index is -0.200. The standard InChI is InChI=1S/C13H21N3O2/c1-9-5-11(17)15-6-10(9)12(18)16(4)8-13(2,3)7-14/h5-6H,7-8,14H2,1-4H3,(H,15,17). The van der Waals surface area contributed by atoms with Crippen molar-refractivity contribution in [2.24, 2.45) is 11.1 Å². The van der Waals surface area contributed by atoms with Crippen LogP contribution in [0.5, 0.6) is 0 Å². The van der Waals surface area contributed by atoms with E-state index in [9.17, 15) is 9.59 Å². The van der Waals surface area contributed by atoms with E-state index in [2.05, 4.69) is 4.98 Å². The average molecular weight is 251 g/mol. The van der Waals surface area contributed by atoms with E-state index in [0.29, 0.717) is 24.2 Å². The molecule has 0 saturated heterocycles. The van der Waals surface area contributed by atoms with Crippen LogP contribution in [0.25, 0.3) is 0 Å². The molecule has 0 atom stereocenters. The molecule has 0 saturated carbocycles. The third kappa shape index (κ3) is 3.43. The highest BCUT2D eigenvalue weighted by molar-refractivity contribution is 5.95. The summed E-state index contributed by atoms with van der Waals surface area (Å²) in [6, 6.07) is 1.43. The third-order valence-corrected chi connectivity index (χ3v) is 2.93. The van der Waals surface area contributed by atoms with Crippen molar-refractivity contribution in [2.75, 3.05) is 20.1 Å². The third-order valence-electron chi connectivity index (χ3n) is 2.93. The predicted molar refractivity (Wildman–Crippen MR) is 71.6 cm³/mol. The van der Waals surface area contributed by atoms with Crippen LogP contribution in [-0.4, -0.2) is 35.9 Å². The number of rotatable bonds is 4. The van der Waals surface area contributed by atoms with Crippen molar-refractivity contribution < 1.29 is 4.79 Å². The smallest absolute Gasteiger partial charge is 0.255 e. The maximum Gasteiger partial charge on any atom is 0.255 e. The summed E-state index contributed by atoms with van der Waals surface area (Å²) in [5, 5.41) is 0. The Labute approximate surface area is 107 Å². The molecule has 3 N–H and O–H groups in total. The molecule has 0 aliphatic heterocycles. The topological polar surface area (TPSA) is 79.2 Å². The number of aryl methyl sites for hydroxylation is 1. The van der Waals surface area contributed by atoms with Crippen molar-refractivity contribution in [1.82, 2.24) is 9.88 Å². The number of aromatic nitrogens is 1. The van der Waals surface area contributed by atoms with Crippen molar-refractivity contribution >= 4 is 5.91 Å². The molecule has 5 nitrogen and oxygen atoms in total. The minimum Gasteiger partial charge on any atom is -0.341 e. The van der Waals surface area contributed by atoms with Crippen molar-refractivity contribution in [2.45, 2.75) is 20.8 Å². The zero-order valence-electron chi connectivity index (χ0n) is 11.4. The molecule has 0 aliphatic rings. The number of pyridine rings is 1. The highest BCUT2D eigenvalue weighted by Crippen LogP contribution is 2.16. The highest BCUT2D eigenvalue weighted by Gasteiger charge is 2.22. The normalized spacial score (nSPS) is 11.4. The molecular formula is C13H21N3O2. The summed E-state index contributed by atoms with van der Waals surface area (Å²) < 4.78 is 0. The van der Waals surface area contributed by atoms with E-state index in [0.717, 1.165) is 0 Å². The maximum absolute atomic E-state index is 12.2. The van der Waals surface area contributed by atoms with Crippen LogP contribution in [0.1, 0.15) is 29.8 Å². The van der Waals surface area contributed by atoms with E-state index in [4.69, 9.17) is 5.73 Å². The number of hydrogen-bond donors (Lipinski definition) is 2. The fourth-order valence-electron chi connectivity index (χ4n) is 1.79. The fraction of sp³-hybridized carbons (Fsp3) is 0.538. The van der Waals surface area contributed by atoms with Gasteiger partial charge >= 0.3 is 0 Å². The van der Waals surface area contributed by atoms with Crippen LogP contribution in [0.4, 0.5) is 0 Å². The van der Waals surface area contributed by atoms with Gasteiger partial charge in [0.2, 0.25) is 5.56 Å². The van der Waals surface area contributed by atoms with Gasteiger partial charge in [-0.3, -0.25) is 9.59 Å². The van der Waals surface area contributed by atoms with Crippen LogP contribution in [0.2, 0.25) is 0 Å². The van der Waals surface area contributed by atoms with Gasteiger partial charge in [-0.2, -0.15) is 0 Å². The molecule has 1 aromatic heterocycles. The van der Waals surface area contributed by atoms with Crippen LogP contribution in [-0.2, 0) is 0 Å². The van der Waals surface area contributed by atoms with E-state index in [1.165, 1.54) is 12.3 Å². The maximum atomic E-state index is 12.2. The quantitative estimate of drug-likeness (QED) is 0.828. The first-order chi connectivity index (χ1) is 8.26. The first-order valence-corrected chi connectivity index (χ1v) is 5.92. The summed E-state index contributed by atoms with van der Waals surface area (Å²) in [6.07, 6.45) is 1.46. The SMILES string of the molecule is Cc1cc(=O)[nH]cc1C(=O)N(C)CC(C)(C)CN. The Bertz CT molecular complexity index is 491. The lowest BCUT2D eigenvalue weighted by atomic mass is 9.93. The second-order valence-electron chi connectivity index (χ2n) is 5.42. The second-order valence-corrected chi connectivity index (χ2v) is 5.42. The first kappa shape index (κ1) is 14.4. The zero-order chi connectivity index (χ0) is 13.9. The summed E-state index contributed by atoms with van der Waals surface area (Å²) in [4.78, 5) is 27.5. The lowest BCUT2D eigenvalue weighted by Crippen LogP contribution is -2.40. The second kappa shape index (κ2) is 5.35. The van der Waals surface area contributed by atoms with Crippen molar-refractivity contribution in [3.63, 3.8) is 0 Å². The monoisotopic (exact) mass is 251 g/mol. The molecular weight excluding hydrogens is 230 g/mol. The largest absolute Gasteiger partial charge is 0.341 e. The number of nitrogens with one attached hydrogen (secondary N) is 1. The van der Waals surface area contributed by atoms with Crippen LogP contribution in [0, 0.1) is 12.3 Å². The van der Waals surface area contributed by atoms with Crippen molar-refractivity contribution in [1.29, 1.82) is 0 Å². The number of hydrogen-bond acceptors (Lipinski definition) is 3. The number of amides is 1. The van der Waals surface area contributed by atoms with Crippen molar-refractivity contribution in [3.8, 4) is 0 Å². The van der Waals surface area contributed by atoms with Gasteiger partial charge in [-0.15, -0.1) is 0 Å². The molecule has 0 radical (unpaired) electrons. The predicted octanol–water partition coefficient (Wildman–Crippen LogP) is 0.740. The first-order valence-electron chi connectivity index (χ1n) is 5.92. The lowest BCUT2D eigenvalue weighted by Gasteiger charge is -2.29. The van der Waals surface area contributed by atoms with Gasteiger partial charge < -0.3 is 15.6 Å². The Hall–Kier alpha value is -1.62. The molecule has 0 unspecified atom stereocenters. The molecule has 0 fully saturated rings. The molecule has 18 heavy (non-hydrogen) atoms. The van der Waals surface area contributed by atoms with Gasteiger partial charge in [0.25, 0.3) is 5.91 Å². The van der Waals surface area contributed by atoms with E-state index in [1.807, 2.05) is 13.8 Å². The molecule has 1 amide bonds. The van der Waals surface area contributed by atoms with Gasteiger partial charge in [-0.05, 0) is 24.4 Å². The lowest BCUT2D eigenvalue weighted by molar-refractivity contribution is 0.0739. The number of nitrogens with two attached hydrogens (primary N) is 1. The summed E-state index contributed by atoms with van der Waals surface area (Å²) in [5.41, 5.74) is 6.53. The fourth-order valence-corrected chi connectivity index (χ4v) is 1.79. The van der Waals surface area contributed by atoms with Crippen LogP contribution < -0.4 is 11.3 Å². The molecule has 0 spiro atoms. The Morgan fingerprint density at radius 2 is 2.11 bits per heavy atom. The van der Waals surface area contributed by atoms with Crippen molar-refractivity contribution in [3.05, 3.63) is 33.7 Å². The zero-order valence-corrected chi connectivity index (χ0v) is 11.4. The minimum absolute atomic E-state index is 0.106. The van der Waals surface area contributed by atoms with Gasteiger partial charge in [-0.25, -0.2) is 0 Å². The number of H-pyrrole nitrogens is 1. The van der Waals surface area contributed by atoms with E-state index in [-0.39, 0.29) is 16.9 Å². The summed E-state index contributed by atoms with van der Waals surface area (Å²) in [6.45, 7) is 6.85. The van der Waals surface area contributed by atoms with E-state index >= 15 is 0 Å². The Morgan fingerprint density at radius 3 is 2.61 bits per heavy atom. The summed E-state index contributed by atoms with van der Waals surface area (Å²) >= 11 is 0. The molecule has 1 heterocycles. The van der Waals surface area contributed by atoms with Crippen LogP contribution in [0.3, 0.4) is 0 Å².